The number of carbonyl (C=O) groups is 2. The quantitative estimate of drug-likeness (QED) is 0.423. The van der Waals surface area contributed by atoms with Crippen LogP contribution in [0.5, 0.6) is 5.75 Å². The highest BCUT2D eigenvalue weighted by molar-refractivity contribution is 7.09. The van der Waals surface area contributed by atoms with E-state index >= 15 is 0 Å². The first kappa shape index (κ1) is 24.9. The Bertz CT molecular complexity index is 1080. The first-order chi connectivity index (χ1) is 17.2. The monoisotopic (exact) mass is 491 g/mol. The van der Waals surface area contributed by atoms with Gasteiger partial charge in [0.1, 0.15) is 11.8 Å². The highest BCUT2D eigenvalue weighted by Crippen LogP contribution is 2.30. The Morgan fingerprint density at radius 1 is 1.03 bits per heavy atom. The molecule has 1 atom stereocenters. The van der Waals surface area contributed by atoms with Crippen molar-refractivity contribution in [2.24, 2.45) is 5.92 Å². The molecule has 1 aliphatic rings. The molecule has 1 saturated heterocycles. The number of nitrogens with zero attached hydrogens (tertiary/aromatic N) is 1. The lowest BCUT2D eigenvalue weighted by molar-refractivity contribution is -0.127. The summed E-state index contributed by atoms with van der Waals surface area (Å²) in [5, 5.41) is 8.24. The van der Waals surface area contributed by atoms with Gasteiger partial charge in [-0.25, -0.2) is 0 Å². The Kier molecular flexibility index (Phi) is 8.92. The van der Waals surface area contributed by atoms with Gasteiger partial charge in [0.25, 0.3) is 0 Å². The average Bonchev–Trinajstić information content (AvgIpc) is 3.40. The molecule has 4 rings (SSSR count). The fourth-order valence-electron chi connectivity index (χ4n) is 4.54. The maximum Gasteiger partial charge on any atom is 0.246 e. The van der Waals surface area contributed by atoms with Gasteiger partial charge in [-0.2, -0.15) is 0 Å². The second-order valence-corrected chi connectivity index (χ2v) is 9.69. The van der Waals surface area contributed by atoms with Crippen LogP contribution in [-0.4, -0.2) is 43.0 Å². The summed E-state index contributed by atoms with van der Waals surface area (Å²) in [4.78, 5) is 29.7. The van der Waals surface area contributed by atoms with E-state index in [4.69, 9.17) is 4.74 Å². The molecule has 1 unspecified atom stereocenters. The van der Waals surface area contributed by atoms with Crippen LogP contribution in [0.3, 0.4) is 0 Å². The van der Waals surface area contributed by atoms with Crippen LogP contribution in [0, 0.1) is 5.92 Å². The predicted octanol–water partition coefficient (Wildman–Crippen LogP) is 4.90. The molecule has 35 heavy (non-hydrogen) atoms. The summed E-state index contributed by atoms with van der Waals surface area (Å²) >= 11 is 1.71. The van der Waals surface area contributed by atoms with Gasteiger partial charge in [-0.1, -0.05) is 48.5 Å². The van der Waals surface area contributed by atoms with E-state index in [1.807, 2.05) is 67.6 Å². The van der Waals surface area contributed by atoms with E-state index in [-0.39, 0.29) is 17.7 Å². The van der Waals surface area contributed by atoms with Gasteiger partial charge in [-0.3, -0.25) is 14.5 Å². The summed E-state index contributed by atoms with van der Waals surface area (Å²) in [7, 11) is 0. The van der Waals surface area contributed by atoms with E-state index < -0.39 is 6.04 Å². The molecule has 0 saturated carbocycles. The highest BCUT2D eigenvalue weighted by atomic mass is 32.1. The van der Waals surface area contributed by atoms with Gasteiger partial charge in [-0.15, -0.1) is 11.3 Å². The van der Waals surface area contributed by atoms with E-state index in [1.165, 1.54) is 4.88 Å². The van der Waals surface area contributed by atoms with E-state index in [0.717, 1.165) is 24.8 Å². The van der Waals surface area contributed by atoms with Crippen molar-refractivity contribution in [3.63, 3.8) is 0 Å². The molecular weight excluding hydrogens is 458 g/mol. The summed E-state index contributed by atoms with van der Waals surface area (Å²) in [6, 6.07) is 21.0. The third kappa shape index (κ3) is 6.71. The third-order valence-electron chi connectivity index (χ3n) is 6.32. The van der Waals surface area contributed by atoms with Crippen LogP contribution in [0.25, 0.3) is 0 Å². The molecule has 184 valence electrons. The summed E-state index contributed by atoms with van der Waals surface area (Å²) in [6.45, 7) is 4.48. The number of benzene rings is 2. The number of piperidine rings is 1. The molecule has 0 spiro atoms. The number of carbonyl (C=O) groups excluding carboxylic acids is 2. The first-order valence-electron chi connectivity index (χ1n) is 12.3. The summed E-state index contributed by atoms with van der Waals surface area (Å²) in [6.07, 6.45) is 2.33. The molecule has 0 aliphatic carbocycles. The molecule has 1 aliphatic heterocycles. The van der Waals surface area contributed by atoms with Crippen molar-refractivity contribution in [1.82, 2.24) is 10.2 Å². The SMILES string of the molecule is CCOc1ccccc1NC(=O)C(c1ccccc1)N1CCC(C(=O)NCCc2cccs2)CC1. The molecule has 7 heteroatoms. The van der Waals surface area contributed by atoms with Crippen LogP contribution >= 0.6 is 11.3 Å². The molecular formula is C28H33N3O3S. The van der Waals surface area contributed by atoms with Gasteiger partial charge in [0.15, 0.2) is 0 Å². The number of para-hydroxylation sites is 2. The van der Waals surface area contributed by atoms with Crippen molar-refractivity contribution < 1.29 is 14.3 Å². The Balaban J connectivity index is 1.39. The van der Waals surface area contributed by atoms with E-state index in [9.17, 15) is 9.59 Å². The molecule has 2 amide bonds. The number of amides is 2. The maximum absolute atomic E-state index is 13.6. The Morgan fingerprint density at radius 3 is 2.49 bits per heavy atom. The summed E-state index contributed by atoms with van der Waals surface area (Å²) in [5.41, 5.74) is 1.61. The fourth-order valence-corrected chi connectivity index (χ4v) is 5.25. The van der Waals surface area contributed by atoms with Gasteiger partial charge < -0.3 is 15.4 Å². The van der Waals surface area contributed by atoms with Crippen molar-refractivity contribution in [3.05, 3.63) is 82.6 Å². The van der Waals surface area contributed by atoms with Crippen LogP contribution in [0.2, 0.25) is 0 Å². The smallest absolute Gasteiger partial charge is 0.246 e. The van der Waals surface area contributed by atoms with E-state index in [2.05, 4.69) is 27.0 Å². The summed E-state index contributed by atoms with van der Waals surface area (Å²) < 4.78 is 5.69. The zero-order valence-electron chi connectivity index (χ0n) is 20.1. The second-order valence-electron chi connectivity index (χ2n) is 8.66. The second kappa shape index (κ2) is 12.5. The lowest BCUT2D eigenvalue weighted by atomic mass is 9.93. The number of ether oxygens (including phenoxy) is 1. The number of anilines is 1. The minimum Gasteiger partial charge on any atom is -0.492 e. The third-order valence-corrected chi connectivity index (χ3v) is 7.26. The van der Waals surface area contributed by atoms with Crippen LogP contribution in [0.15, 0.2) is 72.1 Å². The number of rotatable bonds is 10. The standard InChI is InChI=1S/C28H33N3O3S/c1-2-34-25-13-7-6-12-24(25)30-28(33)26(21-9-4-3-5-10-21)31-18-15-22(16-19-31)27(32)29-17-14-23-11-8-20-35-23/h3-13,20,22,26H,2,14-19H2,1H3,(H,29,32)(H,30,33). The number of hydrogen-bond donors (Lipinski definition) is 2. The first-order valence-corrected chi connectivity index (χ1v) is 13.2. The molecule has 0 bridgehead atoms. The molecule has 2 heterocycles. The predicted molar refractivity (Wildman–Crippen MR) is 141 cm³/mol. The molecule has 2 N–H and O–H groups in total. The van der Waals surface area contributed by atoms with Crippen molar-refractivity contribution >= 4 is 28.8 Å². The molecule has 2 aromatic carbocycles. The topological polar surface area (TPSA) is 70.7 Å². The van der Waals surface area contributed by atoms with Gasteiger partial charge >= 0.3 is 0 Å². The van der Waals surface area contributed by atoms with Crippen molar-refractivity contribution in [2.75, 3.05) is 31.6 Å². The van der Waals surface area contributed by atoms with Crippen molar-refractivity contribution in [3.8, 4) is 5.75 Å². The van der Waals surface area contributed by atoms with Gasteiger partial charge in [-0.05, 0) is 68.4 Å². The molecule has 1 fully saturated rings. The highest BCUT2D eigenvalue weighted by Gasteiger charge is 2.33. The summed E-state index contributed by atoms with van der Waals surface area (Å²) in [5.74, 6) is 0.663. The van der Waals surface area contributed by atoms with Gasteiger partial charge in [0, 0.05) is 17.3 Å². The Hall–Kier alpha value is -3.16. The van der Waals surface area contributed by atoms with Crippen molar-refractivity contribution in [2.45, 2.75) is 32.2 Å². The number of thiophene rings is 1. The Labute approximate surface area is 211 Å². The average molecular weight is 492 g/mol. The zero-order chi connectivity index (χ0) is 24.5. The zero-order valence-corrected chi connectivity index (χ0v) is 20.9. The van der Waals surface area contributed by atoms with E-state index in [0.29, 0.717) is 37.7 Å². The molecule has 6 nitrogen and oxygen atoms in total. The van der Waals surface area contributed by atoms with Crippen LogP contribution in [0.1, 0.15) is 36.2 Å². The maximum atomic E-state index is 13.6. The normalized spacial score (nSPS) is 15.3. The van der Waals surface area contributed by atoms with Gasteiger partial charge in [0.2, 0.25) is 11.8 Å². The largest absolute Gasteiger partial charge is 0.492 e. The minimum absolute atomic E-state index is 0.0206. The number of nitrogens with one attached hydrogen (secondary N) is 2. The lowest BCUT2D eigenvalue weighted by Crippen LogP contribution is -2.45. The van der Waals surface area contributed by atoms with Crippen LogP contribution < -0.4 is 15.4 Å². The minimum atomic E-state index is -0.436. The molecule has 3 aromatic rings. The van der Waals surface area contributed by atoms with E-state index in [1.54, 1.807) is 11.3 Å². The molecule has 0 radical (unpaired) electrons. The fraction of sp³-hybridized carbons (Fsp3) is 0.357. The van der Waals surface area contributed by atoms with Crippen LogP contribution in [-0.2, 0) is 16.0 Å². The number of hydrogen-bond acceptors (Lipinski definition) is 5. The Morgan fingerprint density at radius 2 is 1.77 bits per heavy atom. The van der Waals surface area contributed by atoms with Crippen LogP contribution in [0.4, 0.5) is 5.69 Å². The molecule has 1 aromatic heterocycles. The van der Waals surface area contributed by atoms with Crippen molar-refractivity contribution in [1.29, 1.82) is 0 Å². The number of likely N-dealkylation sites (tertiary alicyclic amines) is 1. The van der Waals surface area contributed by atoms with Gasteiger partial charge in [0.05, 0.1) is 12.3 Å². The lowest BCUT2D eigenvalue weighted by Gasteiger charge is -2.36.